The second-order valence-corrected chi connectivity index (χ2v) is 9.54. The van der Waals surface area contributed by atoms with E-state index in [2.05, 4.69) is 5.32 Å². The molecule has 0 radical (unpaired) electrons. The predicted molar refractivity (Wildman–Crippen MR) is 112 cm³/mol. The van der Waals surface area contributed by atoms with Crippen molar-refractivity contribution in [3.63, 3.8) is 0 Å². The van der Waals surface area contributed by atoms with Crippen molar-refractivity contribution in [3.05, 3.63) is 59.2 Å². The van der Waals surface area contributed by atoms with Crippen molar-refractivity contribution in [1.82, 2.24) is 4.31 Å². The molecule has 1 aliphatic heterocycles. The third kappa shape index (κ3) is 4.62. The van der Waals surface area contributed by atoms with Crippen LogP contribution in [-0.2, 0) is 14.8 Å². The van der Waals surface area contributed by atoms with Crippen LogP contribution < -0.4 is 5.32 Å². The summed E-state index contributed by atoms with van der Waals surface area (Å²) in [6, 6.07) is 12.5. The molecule has 0 unspecified atom stereocenters. The molecule has 1 N–H and O–H groups in total. The van der Waals surface area contributed by atoms with Crippen LogP contribution in [-0.4, -0.2) is 31.2 Å². The van der Waals surface area contributed by atoms with E-state index in [1.54, 1.807) is 24.3 Å². The third-order valence-corrected chi connectivity index (χ3v) is 7.24. The first kappa shape index (κ1) is 20.6. The summed E-state index contributed by atoms with van der Waals surface area (Å²) in [6.07, 6.45) is 2.62. The molecular formula is C22H28N2O3S. The van der Waals surface area contributed by atoms with Crippen LogP contribution in [0.5, 0.6) is 0 Å². The SMILES string of the molecule is Cc1ccc(S(=O)(=O)N2CCCC[C@@H]2CC(=O)Nc2ccc(C)cc2C)cc1. The number of nitrogens with zero attached hydrogens (tertiary/aromatic N) is 1. The second-order valence-electron chi connectivity index (χ2n) is 7.65. The van der Waals surface area contributed by atoms with Gasteiger partial charge in [-0.3, -0.25) is 4.79 Å². The number of anilines is 1. The number of benzene rings is 2. The number of piperidine rings is 1. The number of amides is 1. The number of hydrogen-bond acceptors (Lipinski definition) is 3. The third-order valence-electron chi connectivity index (χ3n) is 5.28. The van der Waals surface area contributed by atoms with Crippen LogP contribution in [0.3, 0.4) is 0 Å². The molecule has 0 aliphatic carbocycles. The average Bonchev–Trinajstić information content (AvgIpc) is 2.65. The van der Waals surface area contributed by atoms with E-state index in [1.165, 1.54) is 4.31 Å². The van der Waals surface area contributed by atoms with Crippen molar-refractivity contribution in [2.45, 2.75) is 57.4 Å². The topological polar surface area (TPSA) is 66.5 Å². The Labute approximate surface area is 167 Å². The van der Waals surface area contributed by atoms with Crippen LogP contribution in [0, 0.1) is 20.8 Å². The van der Waals surface area contributed by atoms with Crippen LogP contribution in [0.25, 0.3) is 0 Å². The maximum atomic E-state index is 13.1. The molecule has 0 spiro atoms. The molecule has 1 aliphatic rings. The van der Waals surface area contributed by atoms with Gasteiger partial charge < -0.3 is 5.32 Å². The number of carbonyl (C=O) groups excluding carboxylic acids is 1. The van der Waals surface area contributed by atoms with E-state index in [0.717, 1.165) is 35.2 Å². The van der Waals surface area contributed by atoms with Gasteiger partial charge in [-0.25, -0.2) is 8.42 Å². The van der Waals surface area contributed by atoms with Crippen molar-refractivity contribution >= 4 is 21.6 Å². The lowest BCUT2D eigenvalue weighted by Crippen LogP contribution is -2.45. The maximum Gasteiger partial charge on any atom is 0.243 e. The zero-order valence-corrected chi connectivity index (χ0v) is 17.6. The Morgan fingerprint density at radius 3 is 2.39 bits per heavy atom. The first-order chi connectivity index (χ1) is 13.3. The Morgan fingerprint density at radius 1 is 1.04 bits per heavy atom. The van der Waals surface area contributed by atoms with E-state index in [9.17, 15) is 13.2 Å². The molecule has 3 rings (SSSR count). The molecule has 5 nitrogen and oxygen atoms in total. The van der Waals surface area contributed by atoms with Gasteiger partial charge in [0.15, 0.2) is 0 Å². The normalized spacial score (nSPS) is 18.0. The number of nitrogens with one attached hydrogen (secondary N) is 1. The number of aryl methyl sites for hydroxylation is 3. The van der Waals surface area contributed by atoms with Crippen LogP contribution >= 0.6 is 0 Å². The standard InChI is InChI=1S/C22H28N2O3S/c1-16-7-10-20(11-8-16)28(26,27)24-13-5-4-6-19(24)15-22(25)23-21-12-9-17(2)14-18(21)3/h7-12,14,19H,4-6,13,15H2,1-3H3,(H,23,25)/t19-/m1/s1. The molecule has 0 saturated carbocycles. The minimum Gasteiger partial charge on any atom is -0.326 e. The van der Waals surface area contributed by atoms with Gasteiger partial charge in [-0.15, -0.1) is 0 Å². The zero-order valence-electron chi connectivity index (χ0n) is 16.7. The van der Waals surface area contributed by atoms with E-state index in [0.29, 0.717) is 17.9 Å². The minimum atomic E-state index is -3.61. The van der Waals surface area contributed by atoms with Gasteiger partial charge in [-0.05, 0) is 57.4 Å². The van der Waals surface area contributed by atoms with E-state index < -0.39 is 10.0 Å². The van der Waals surface area contributed by atoms with E-state index >= 15 is 0 Å². The molecule has 6 heteroatoms. The Balaban J connectivity index is 1.75. The molecule has 150 valence electrons. The first-order valence-electron chi connectivity index (χ1n) is 9.73. The summed E-state index contributed by atoms with van der Waals surface area (Å²) in [5, 5.41) is 2.94. The molecule has 1 fully saturated rings. The van der Waals surface area contributed by atoms with E-state index in [-0.39, 0.29) is 18.4 Å². The van der Waals surface area contributed by atoms with Crippen LogP contribution in [0.15, 0.2) is 47.4 Å². The van der Waals surface area contributed by atoms with Gasteiger partial charge in [0.25, 0.3) is 0 Å². The average molecular weight is 401 g/mol. The molecule has 0 aromatic heterocycles. The fraction of sp³-hybridized carbons (Fsp3) is 0.409. The molecule has 2 aromatic carbocycles. The molecule has 1 amide bonds. The second kappa shape index (κ2) is 8.45. The highest BCUT2D eigenvalue weighted by atomic mass is 32.2. The molecule has 1 atom stereocenters. The number of hydrogen-bond donors (Lipinski definition) is 1. The van der Waals surface area contributed by atoms with Gasteiger partial charge in [-0.1, -0.05) is 41.8 Å². The zero-order chi connectivity index (χ0) is 20.3. The molecule has 0 bridgehead atoms. The summed E-state index contributed by atoms with van der Waals surface area (Å²) in [5.74, 6) is -0.150. The quantitative estimate of drug-likeness (QED) is 0.819. The minimum absolute atomic E-state index is 0.150. The van der Waals surface area contributed by atoms with Crippen molar-refractivity contribution in [3.8, 4) is 0 Å². The molecule has 28 heavy (non-hydrogen) atoms. The molecule has 1 saturated heterocycles. The van der Waals surface area contributed by atoms with Crippen LogP contribution in [0.4, 0.5) is 5.69 Å². The molecule has 2 aromatic rings. The van der Waals surface area contributed by atoms with Gasteiger partial charge in [0.05, 0.1) is 4.90 Å². The van der Waals surface area contributed by atoms with Gasteiger partial charge >= 0.3 is 0 Å². The highest BCUT2D eigenvalue weighted by Crippen LogP contribution is 2.28. The lowest BCUT2D eigenvalue weighted by molar-refractivity contribution is -0.117. The number of rotatable bonds is 5. The van der Waals surface area contributed by atoms with Gasteiger partial charge in [-0.2, -0.15) is 4.31 Å². The van der Waals surface area contributed by atoms with Crippen molar-refractivity contribution < 1.29 is 13.2 Å². The lowest BCUT2D eigenvalue weighted by atomic mass is 10.0. The summed E-state index contributed by atoms with van der Waals surface area (Å²) in [5.41, 5.74) is 3.93. The van der Waals surface area contributed by atoms with Crippen molar-refractivity contribution in [2.75, 3.05) is 11.9 Å². The summed E-state index contributed by atoms with van der Waals surface area (Å²) >= 11 is 0. The summed E-state index contributed by atoms with van der Waals surface area (Å²) in [7, 11) is -3.61. The smallest absolute Gasteiger partial charge is 0.243 e. The Bertz CT molecular complexity index is 952. The van der Waals surface area contributed by atoms with Crippen molar-refractivity contribution in [2.24, 2.45) is 0 Å². The summed E-state index contributed by atoms with van der Waals surface area (Å²) in [6.45, 7) is 6.35. The Kier molecular flexibility index (Phi) is 6.20. The fourth-order valence-corrected chi connectivity index (χ4v) is 5.40. The van der Waals surface area contributed by atoms with Crippen LogP contribution in [0.1, 0.15) is 42.4 Å². The Hall–Kier alpha value is -2.18. The highest BCUT2D eigenvalue weighted by molar-refractivity contribution is 7.89. The number of sulfonamides is 1. The molecule has 1 heterocycles. The van der Waals surface area contributed by atoms with Crippen molar-refractivity contribution in [1.29, 1.82) is 0 Å². The monoisotopic (exact) mass is 400 g/mol. The highest BCUT2D eigenvalue weighted by Gasteiger charge is 2.34. The van der Waals surface area contributed by atoms with Gasteiger partial charge in [0, 0.05) is 24.7 Å². The van der Waals surface area contributed by atoms with E-state index in [4.69, 9.17) is 0 Å². The maximum absolute atomic E-state index is 13.1. The van der Waals surface area contributed by atoms with Crippen LogP contribution in [0.2, 0.25) is 0 Å². The molecular weight excluding hydrogens is 372 g/mol. The summed E-state index contributed by atoms with van der Waals surface area (Å²) in [4.78, 5) is 12.9. The largest absolute Gasteiger partial charge is 0.326 e. The first-order valence-corrected chi connectivity index (χ1v) is 11.2. The number of carbonyl (C=O) groups is 1. The lowest BCUT2D eigenvalue weighted by Gasteiger charge is -2.34. The Morgan fingerprint density at radius 2 is 1.71 bits per heavy atom. The summed E-state index contributed by atoms with van der Waals surface area (Å²) < 4.78 is 27.8. The van der Waals surface area contributed by atoms with Gasteiger partial charge in [0.2, 0.25) is 15.9 Å². The van der Waals surface area contributed by atoms with Gasteiger partial charge in [0.1, 0.15) is 0 Å². The predicted octanol–water partition coefficient (Wildman–Crippen LogP) is 4.18. The van der Waals surface area contributed by atoms with E-state index in [1.807, 2.05) is 39.0 Å². The fourth-order valence-electron chi connectivity index (χ4n) is 3.71.